The molecule has 0 aliphatic carbocycles. The van der Waals surface area contributed by atoms with E-state index in [0.29, 0.717) is 0 Å². The fourth-order valence-electron chi connectivity index (χ4n) is 6.62. The van der Waals surface area contributed by atoms with Gasteiger partial charge in [0.2, 0.25) is 0 Å². The summed E-state index contributed by atoms with van der Waals surface area (Å²) in [6.45, 7) is 0. The molecule has 9 aromatic rings. The van der Waals surface area contributed by atoms with Crippen molar-refractivity contribution in [1.29, 1.82) is 0 Å². The smallest absolute Gasteiger partial charge is 0.143 e. The molecular weight excluding hydrogens is 536 g/mol. The molecule has 0 saturated heterocycles. The number of hydrogen-bond donors (Lipinski definition) is 0. The average Bonchev–Trinajstić information content (AvgIpc) is 3.64. The van der Waals surface area contributed by atoms with E-state index in [4.69, 9.17) is 4.42 Å². The van der Waals surface area contributed by atoms with Gasteiger partial charge in [-0.15, -0.1) is 0 Å². The van der Waals surface area contributed by atoms with Gasteiger partial charge in [-0.25, -0.2) is 0 Å². The van der Waals surface area contributed by atoms with Gasteiger partial charge in [-0.2, -0.15) is 0 Å². The maximum atomic E-state index is 6.40. The first kappa shape index (κ1) is 24.6. The Kier molecular flexibility index (Phi) is 5.50. The number of pyridine rings is 1. The molecule has 0 radical (unpaired) electrons. The Balaban J connectivity index is 1.30. The molecule has 0 bridgehead atoms. The lowest BCUT2D eigenvalue weighted by atomic mass is 9.98. The second-order valence-electron chi connectivity index (χ2n) is 11.2. The van der Waals surface area contributed by atoms with Gasteiger partial charge in [0.05, 0.1) is 11.0 Å². The summed E-state index contributed by atoms with van der Waals surface area (Å²) < 4.78 is 8.78. The van der Waals surface area contributed by atoms with Crippen LogP contribution in [0.1, 0.15) is 0 Å². The van der Waals surface area contributed by atoms with Crippen molar-refractivity contribution in [2.45, 2.75) is 0 Å². The van der Waals surface area contributed by atoms with Crippen LogP contribution in [0.3, 0.4) is 0 Å². The fourth-order valence-corrected chi connectivity index (χ4v) is 6.62. The highest BCUT2D eigenvalue weighted by atomic mass is 16.3. The third-order valence-electron chi connectivity index (χ3n) is 8.67. The molecule has 3 nitrogen and oxygen atoms in total. The number of para-hydroxylation sites is 2. The van der Waals surface area contributed by atoms with E-state index in [-0.39, 0.29) is 0 Å². The minimum atomic E-state index is 0.907. The van der Waals surface area contributed by atoms with Crippen LogP contribution in [0.4, 0.5) is 0 Å². The number of nitrogens with zero attached hydrogens (tertiary/aromatic N) is 2. The van der Waals surface area contributed by atoms with Crippen molar-refractivity contribution in [3.63, 3.8) is 0 Å². The molecule has 3 heterocycles. The number of aromatic nitrogens is 2. The topological polar surface area (TPSA) is 31.0 Å². The standard InChI is InChI=1S/C41H26N2O/c1-3-10-27(11-4-1)30-22-31(28-12-5-2-6-13-28)24-32(23-30)43-38-19-18-29(25-36(38)37-26-42-21-20-39(37)43)33-15-9-16-35-34-14-7-8-17-40(34)44-41(33)35/h1-26H. The van der Waals surface area contributed by atoms with E-state index >= 15 is 0 Å². The molecular formula is C41H26N2O. The molecule has 0 unspecified atom stereocenters. The second kappa shape index (κ2) is 9.82. The van der Waals surface area contributed by atoms with Gasteiger partial charge in [-0.3, -0.25) is 4.98 Å². The Hall–Kier alpha value is -5.93. The molecule has 206 valence electrons. The predicted molar refractivity (Wildman–Crippen MR) is 182 cm³/mol. The lowest BCUT2D eigenvalue weighted by molar-refractivity contribution is 0.670. The molecule has 0 aliphatic rings. The summed E-state index contributed by atoms with van der Waals surface area (Å²) in [5, 5.41) is 4.55. The van der Waals surface area contributed by atoms with E-state index < -0.39 is 0 Å². The van der Waals surface area contributed by atoms with E-state index in [2.05, 4.69) is 143 Å². The number of furan rings is 1. The number of rotatable bonds is 4. The highest BCUT2D eigenvalue weighted by molar-refractivity contribution is 6.13. The van der Waals surface area contributed by atoms with Crippen LogP contribution in [-0.4, -0.2) is 9.55 Å². The Morgan fingerprint density at radius 1 is 0.455 bits per heavy atom. The Morgan fingerprint density at radius 2 is 1.14 bits per heavy atom. The maximum absolute atomic E-state index is 6.40. The average molecular weight is 563 g/mol. The van der Waals surface area contributed by atoms with Crippen molar-refractivity contribution >= 4 is 43.7 Å². The lowest BCUT2D eigenvalue weighted by Gasteiger charge is -2.14. The van der Waals surface area contributed by atoms with E-state index in [1.165, 1.54) is 22.3 Å². The van der Waals surface area contributed by atoms with Gasteiger partial charge >= 0.3 is 0 Å². The van der Waals surface area contributed by atoms with Crippen LogP contribution < -0.4 is 0 Å². The number of fused-ring (bicyclic) bond motifs is 6. The van der Waals surface area contributed by atoms with Crippen LogP contribution in [-0.2, 0) is 0 Å². The van der Waals surface area contributed by atoms with Crippen LogP contribution in [0.15, 0.2) is 162 Å². The lowest BCUT2D eigenvalue weighted by Crippen LogP contribution is -1.96. The Bertz CT molecular complexity index is 2430. The third-order valence-corrected chi connectivity index (χ3v) is 8.67. The van der Waals surface area contributed by atoms with Gasteiger partial charge in [0.15, 0.2) is 0 Å². The van der Waals surface area contributed by atoms with Gasteiger partial charge in [-0.05, 0) is 70.3 Å². The van der Waals surface area contributed by atoms with E-state index in [1.54, 1.807) is 0 Å². The van der Waals surface area contributed by atoms with E-state index in [1.807, 2.05) is 24.5 Å². The first-order chi connectivity index (χ1) is 21.8. The second-order valence-corrected chi connectivity index (χ2v) is 11.2. The summed E-state index contributed by atoms with van der Waals surface area (Å²) >= 11 is 0. The number of hydrogen-bond acceptors (Lipinski definition) is 2. The first-order valence-electron chi connectivity index (χ1n) is 14.9. The fraction of sp³-hybridized carbons (Fsp3) is 0. The first-order valence-corrected chi connectivity index (χ1v) is 14.9. The van der Waals surface area contributed by atoms with Crippen molar-refractivity contribution < 1.29 is 4.42 Å². The molecule has 3 heteroatoms. The molecule has 0 fully saturated rings. The molecule has 6 aromatic carbocycles. The Morgan fingerprint density at radius 3 is 1.91 bits per heavy atom. The zero-order valence-corrected chi connectivity index (χ0v) is 23.8. The quantitative estimate of drug-likeness (QED) is 0.214. The summed E-state index contributed by atoms with van der Waals surface area (Å²) in [5.41, 5.74) is 12.1. The van der Waals surface area contributed by atoms with Crippen molar-refractivity contribution in [2.75, 3.05) is 0 Å². The molecule has 0 spiro atoms. The minimum Gasteiger partial charge on any atom is -0.455 e. The van der Waals surface area contributed by atoms with Gasteiger partial charge in [-0.1, -0.05) is 103 Å². The summed E-state index contributed by atoms with van der Waals surface area (Å²) in [7, 11) is 0. The molecule has 0 aliphatic heterocycles. The van der Waals surface area contributed by atoms with Gasteiger partial charge in [0.25, 0.3) is 0 Å². The van der Waals surface area contributed by atoms with Crippen molar-refractivity contribution in [3.8, 4) is 39.1 Å². The van der Waals surface area contributed by atoms with Crippen LogP contribution in [0.25, 0.3) is 82.8 Å². The highest BCUT2D eigenvalue weighted by Gasteiger charge is 2.17. The van der Waals surface area contributed by atoms with Gasteiger partial charge < -0.3 is 8.98 Å². The molecule has 0 saturated carbocycles. The molecule has 3 aromatic heterocycles. The Labute approximate surface area is 254 Å². The van der Waals surface area contributed by atoms with Crippen molar-refractivity contribution in [2.24, 2.45) is 0 Å². The summed E-state index contributed by atoms with van der Waals surface area (Å²) in [6.07, 6.45) is 3.87. The number of benzene rings is 6. The molecule has 0 atom stereocenters. The van der Waals surface area contributed by atoms with Crippen LogP contribution in [0, 0.1) is 0 Å². The zero-order valence-electron chi connectivity index (χ0n) is 23.8. The molecule has 9 rings (SSSR count). The van der Waals surface area contributed by atoms with Crippen molar-refractivity contribution in [3.05, 3.63) is 158 Å². The minimum absolute atomic E-state index is 0.907. The van der Waals surface area contributed by atoms with Gasteiger partial charge in [0, 0.05) is 45.2 Å². The SMILES string of the molecule is c1ccc(-c2cc(-c3ccccc3)cc(-n3c4ccncc4c4cc(-c5cccc6c5oc5ccccc56)ccc43)c2)cc1. The van der Waals surface area contributed by atoms with E-state index in [9.17, 15) is 0 Å². The summed E-state index contributed by atoms with van der Waals surface area (Å²) in [6, 6.07) is 51.6. The highest BCUT2D eigenvalue weighted by Crippen LogP contribution is 2.40. The van der Waals surface area contributed by atoms with Gasteiger partial charge in [0.1, 0.15) is 11.2 Å². The summed E-state index contributed by atoms with van der Waals surface area (Å²) in [5.74, 6) is 0. The molecule has 0 amide bonds. The predicted octanol–water partition coefficient (Wildman–Crippen LogP) is 11.1. The zero-order chi connectivity index (χ0) is 29.0. The monoisotopic (exact) mass is 562 g/mol. The molecule has 44 heavy (non-hydrogen) atoms. The normalized spacial score (nSPS) is 11.6. The van der Waals surface area contributed by atoms with Crippen LogP contribution in [0.5, 0.6) is 0 Å². The molecule has 0 N–H and O–H groups in total. The maximum Gasteiger partial charge on any atom is 0.143 e. The largest absolute Gasteiger partial charge is 0.455 e. The van der Waals surface area contributed by atoms with E-state index in [0.717, 1.165) is 60.6 Å². The van der Waals surface area contributed by atoms with Crippen molar-refractivity contribution in [1.82, 2.24) is 9.55 Å². The summed E-state index contributed by atoms with van der Waals surface area (Å²) in [4.78, 5) is 4.55. The van der Waals surface area contributed by atoms with Crippen LogP contribution >= 0.6 is 0 Å². The van der Waals surface area contributed by atoms with Crippen LogP contribution in [0.2, 0.25) is 0 Å². The third kappa shape index (κ3) is 3.87.